The van der Waals surface area contributed by atoms with Crippen LogP contribution in [-0.2, 0) is 0 Å². The second-order valence-corrected chi connectivity index (χ2v) is 8.66. The Bertz CT molecular complexity index is 1020. The molecule has 0 saturated heterocycles. The van der Waals surface area contributed by atoms with E-state index in [1.165, 1.54) is 64.2 Å². The molecule has 2 nitrogen and oxygen atoms in total. The summed E-state index contributed by atoms with van der Waals surface area (Å²) in [6.45, 7) is 0. The molecule has 2 aromatic carbocycles. The maximum atomic E-state index is 2.52. The highest BCUT2D eigenvalue weighted by molar-refractivity contribution is 8.03. The number of benzene rings is 2. The molecule has 3 aromatic rings. The summed E-state index contributed by atoms with van der Waals surface area (Å²) in [5, 5.41) is 2.64. The van der Waals surface area contributed by atoms with Crippen molar-refractivity contribution in [3.05, 3.63) is 71.4 Å². The number of anilines is 1. The minimum atomic E-state index is 0. The predicted octanol–water partition coefficient (Wildman–Crippen LogP) is 3.18. The van der Waals surface area contributed by atoms with Gasteiger partial charge in [0.2, 0.25) is 5.52 Å². The number of nitrogens with zero attached hydrogens (tertiary/aromatic N) is 2. The molecule has 2 aliphatic rings. The standard InChI is InChI=1S/C24H25N2S.HI/c1-25-22-13-7-8-14-23(22)27-24(25)17-18-15-16-26(19-9-3-2-4-10-19)21-12-6-5-11-20(18)21;/h5-8,11-17,19H,2-4,9-10H2,1H3;1H/q+1;/p-1. The number of aromatic nitrogens is 1. The number of pyridine rings is 1. The van der Waals surface area contributed by atoms with Crippen molar-refractivity contribution in [2.75, 3.05) is 11.9 Å². The first-order valence-corrected chi connectivity index (χ1v) is 10.8. The van der Waals surface area contributed by atoms with E-state index < -0.39 is 0 Å². The van der Waals surface area contributed by atoms with Gasteiger partial charge in [0.05, 0.1) is 16.1 Å². The Kier molecular flexibility index (Phi) is 5.97. The van der Waals surface area contributed by atoms with Crippen molar-refractivity contribution in [1.82, 2.24) is 0 Å². The number of hydrogen-bond donors (Lipinski definition) is 0. The van der Waals surface area contributed by atoms with Gasteiger partial charge in [-0.2, -0.15) is 4.57 Å². The summed E-state index contributed by atoms with van der Waals surface area (Å²) < 4.78 is 2.52. The Morgan fingerprint density at radius 2 is 1.71 bits per heavy atom. The molecule has 0 unspecified atom stereocenters. The van der Waals surface area contributed by atoms with Crippen molar-refractivity contribution < 1.29 is 28.5 Å². The van der Waals surface area contributed by atoms with Gasteiger partial charge in [-0.3, -0.25) is 0 Å². The molecule has 4 heteroatoms. The Morgan fingerprint density at radius 1 is 0.964 bits per heavy atom. The normalized spacial score (nSPS) is 18.3. The number of para-hydroxylation sites is 2. The summed E-state index contributed by atoms with van der Waals surface area (Å²) in [6.07, 6.45) is 11.4. The topological polar surface area (TPSA) is 7.12 Å². The van der Waals surface area contributed by atoms with Crippen molar-refractivity contribution >= 4 is 34.4 Å². The number of thioether (sulfide) groups is 1. The maximum absolute atomic E-state index is 2.52. The Balaban J connectivity index is 0.00000192. The van der Waals surface area contributed by atoms with E-state index in [1.54, 1.807) is 0 Å². The molecule has 0 amide bonds. The minimum absolute atomic E-state index is 0. The summed E-state index contributed by atoms with van der Waals surface area (Å²) in [5.41, 5.74) is 3.97. The van der Waals surface area contributed by atoms with Crippen LogP contribution < -0.4 is 33.4 Å². The zero-order valence-corrected chi connectivity index (χ0v) is 19.1. The quantitative estimate of drug-likeness (QED) is 0.394. The molecule has 1 aromatic heterocycles. The van der Waals surface area contributed by atoms with Gasteiger partial charge in [0.1, 0.15) is 0 Å². The van der Waals surface area contributed by atoms with Crippen LogP contribution in [0.5, 0.6) is 0 Å². The molecule has 1 saturated carbocycles. The van der Waals surface area contributed by atoms with Crippen LogP contribution in [0.2, 0.25) is 0 Å². The van der Waals surface area contributed by atoms with Crippen molar-refractivity contribution in [3.63, 3.8) is 0 Å². The number of rotatable bonds is 2. The average molecular weight is 500 g/mol. The lowest BCUT2D eigenvalue weighted by atomic mass is 9.94. The van der Waals surface area contributed by atoms with Crippen LogP contribution in [0.1, 0.15) is 43.7 Å². The molecule has 0 spiro atoms. The van der Waals surface area contributed by atoms with E-state index in [-0.39, 0.29) is 24.0 Å². The van der Waals surface area contributed by atoms with Gasteiger partial charge in [-0.25, -0.2) is 0 Å². The van der Waals surface area contributed by atoms with E-state index in [9.17, 15) is 0 Å². The Morgan fingerprint density at radius 3 is 2.54 bits per heavy atom. The molecule has 1 fully saturated rings. The van der Waals surface area contributed by atoms with E-state index in [4.69, 9.17) is 0 Å². The van der Waals surface area contributed by atoms with E-state index in [0.717, 1.165) is 0 Å². The van der Waals surface area contributed by atoms with E-state index >= 15 is 0 Å². The summed E-state index contributed by atoms with van der Waals surface area (Å²) in [5.74, 6) is 0. The van der Waals surface area contributed by atoms with Crippen LogP contribution in [0.3, 0.4) is 0 Å². The molecule has 5 rings (SSSR count). The van der Waals surface area contributed by atoms with Crippen molar-refractivity contribution in [3.8, 4) is 0 Å². The second-order valence-electron chi connectivity index (χ2n) is 7.60. The molecule has 0 bridgehead atoms. The summed E-state index contributed by atoms with van der Waals surface area (Å²) in [6, 6.07) is 20.5. The first-order valence-electron chi connectivity index (χ1n) is 9.96. The molecule has 2 heterocycles. The molecule has 0 radical (unpaired) electrons. The van der Waals surface area contributed by atoms with Gasteiger partial charge in [-0.05, 0) is 42.7 Å². The third kappa shape index (κ3) is 3.57. The minimum Gasteiger partial charge on any atom is -1.00 e. The molecule has 0 N–H and O–H groups in total. The van der Waals surface area contributed by atoms with Crippen molar-refractivity contribution in [2.24, 2.45) is 0 Å². The largest absolute Gasteiger partial charge is 1.00 e. The fraction of sp³-hybridized carbons (Fsp3) is 0.292. The molecule has 1 aliphatic heterocycles. The molecule has 144 valence electrons. The lowest BCUT2D eigenvalue weighted by Gasteiger charge is -2.19. The molecule has 28 heavy (non-hydrogen) atoms. The van der Waals surface area contributed by atoms with Gasteiger partial charge in [0.25, 0.3) is 0 Å². The Labute approximate surface area is 188 Å². The molecule has 1 aliphatic carbocycles. The van der Waals surface area contributed by atoms with Gasteiger partial charge in [0.15, 0.2) is 12.2 Å². The number of halogens is 1. The highest BCUT2D eigenvalue weighted by Gasteiger charge is 2.25. The SMILES string of the molecule is CN1/C(=C/c2cc[n+](C3CCCCC3)c3ccccc23)Sc2ccccc21.[I-]. The van der Waals surface area contributed by atoms with E-state index in [1.807, 2.05) is 11.8 Å². The lowest BCUT2D eigenvalue weighted by Crippen LogP contribution is -3.00. The van der Waals surface area contributed by atoms with Crippen LogP contribution in [0, 0.1) is 0 Å². The zero-order chi connectivity index (χ0) is 18.2. The average Bonchev–Trinajstić information content (AvgIpc) is 3.05. The highest BCUT2D eigenvalue weighted by atomic mass is 127. The third-order valence-electron chi connectivity index (χ3n) is 5.93. The van der Waals surface area contributed by atoms with Gasteiger partial charge in [-0.15, -0.1) is 0 Å². The third-order valence-corrected chi connectivity index (χ3v) is 7.09. The van der Waals surface area contributed by atoms with Crippen molar-refractivity contribution in [2.45, 2.75) is 43.0 Å². The predicted molar refractivity (Wildman–Crippen MR) is 115 cm³/mol. The summed E-state index contributed by atoms with van der Waals surface area (Å²) in [7, 11) is 2.16. The molecular formula is C24H25IN2S. The van der Waals surface area contributed by atoms with Crippen LogP contribution in [-0.4, -0.2) is 7.05 Å². The van der Waals surface area contributed by atoms with Crippen LogP contribution >= 0.6 is 11.8 Å². The summed E-state index contributed by atoms with van der Waals surface area (Å²) >= 11 is 1.86. The smallest absolute Gasteiger partial charge is 0.213 e. The first kappa shape index (κ1) is 19.8. The van der Waals surface area contributed by atoms with Gasteiger partial charge < -0.3 is 28.9 Å². The highest BCUT2D eigenvalue weighted by Crippen LogP contribution is 2.45. The lowest BCUT2D eigenvalue weighted by molar-refractivity contribution is -0.701. The first-order chi connectivity index (χ1) is 13.3. The van der Waals surface area contributed by atoms with Crippen LogP contribution in [0.15, 0.2) is 70.7 Å². The van der Waals surface area contributed by atoms with Gasteiger partial charge >= 0.3 is 0 Å². The van der Waals surface area contributed by atoms with Crippen LogP contribution in [0.4, 0.5) is 5.69 Å². The fourth-order valence-corrected chi connectivity index (χ4v) is 5.56. The number of fused-ring (bicyclic) bond motifs is 2. The van der Waals surface area contributed by atoms with Gasteiger partial charge in [-0.1, -0.05) is 42.4 Å². The van der Waals surface area contributed by atoms with E-state index in [0.29, 0.717) is 6.04 Å². The Hall–Kier alpha value is -1.53. The monoisotopic (exact) mass is 500 g/mol. The summed E-state index contributed by atoms with van der Waals surface area (Å²) in [4.78, 5) is 3.64. The zero-order valence-electron chi connectivity index (χ0n) is 16.1. The maximum Gasteiger partial charge on any atom is 0.213 e. The molecular weight excluding hydrogens is 475 g/mol. The molecule has 0 atom stereocenters. The van der Waals surface area contributed by atoms with Crippen LogP contribution in [0.25, 0.3) is 17.0 Å². The fourth-order valence-electron chi connectivity index (χ4n) is 4.46. The van der Waals surface area contributed by atoms with Crippen molar-refractivity contribution in [1.29, 1.82) is 0 Å². The van der Waals surface area contributed by atoms with E-state index in [2.05, 4.69) is 83.4 Å². The number of hydrogen-bond acceptors (Lipinski definition) is 2. The second kappa shape index (κ2) is 8.46. The van der Waals surface area contributed by atoms with Gasteiger partial charge in [0, 0.05) is 36.9 Å².